The van der Waals surface area contributed by atoms with Crippen molar-refractivity contribution in [2.75, 3.05) is 18.4 Å². The van der Waals surface area contributed by atoms with Gasteiger partial charge in [-0.15, -0.1) is 0 Å². The first-order valence-corrected chi connectivity index (χ1v) is 6.79. The second-order valence-corrected chi connectivity index (χ2v) is 4.77. The van der Waals surface area contributed by atoms with E-state index in [-0.39, 0.29) is 18.1 Å². The smallest absolute Gasteiger partial charge is 0.292 e. The number of hydrogen-bond donors (Lipinski definition) is 2. The van der Waals surface area contributed by atoms with Crippen LogP contribution in [0.25, 0.3) is 0 Å². The van der Waals surface area contributed by atoms with Gasteiger partial charge in [0.2, 0.25) is 5.91 Å². The molecule has 0 aliphatic carbocycles. The van der Waals surface area contributed by atoms with E-state index >= 15 is 0 Å². The molecule has 116 valence electrons. The van der Waals surface area contributed by atoms with Gasteiger partial charge in [-0.2, -0.15) is 5.10 Å². The summed E-state index contributed by atoms with van der Waals surface area (Å²) in [4.78, 5) is 22.1. The molecule has 0 bridgehead atoms. The van der Waals surface area contributed by atoms with Gasteiger partial charge in [-0.05, 0) is 18.6 Å². The Bertz CT molecular complexity index is 668. The maximum Gasteiger partial charge on any atom is 0.292 e. The zero-order chi connectivity index (χ0) is 15.9. The second kappa shape index (κ2) is 7.21. The van der Waals surface area contributed by atoms with Crippen molar-refractivity contribution in [3.63, 3.8) is 0 Å². The first kappa shape index (κ1) is 15.5. The fourth-order valence-corrected chi connectivity index (χ4v) is 1.94. The third-order valence-corrected chi connectivity index (χ3v) is 2.93. The quantitative estimate of drug-likeness (QED) is 0.456. The third-order valence-electron chi connectivity index (χ3n) is 2.93. The number of nitro benzene ring substituents is 1. The summed E-state index contributed by atoms with van der Waals surface area (Å²) < 4.78 is 1.56. The van der Waals surface area contributed by atoms with Gasteiger partial charge in [-0.25, -0.2) is 0 Å². The number of nitrogens with zero attached hydrogens (tertiary/aromatic N) is 3. The van der Waals surface area contributed by atoms with Crippen molar-refractivity contribution < 1.29 is 9.72 Å². The number of aromatic nitrogens is 2. The van der Waals surface area contributed by atoms with Gasteiger partial charge >= 0.3 is 0 Å². The van der Waals surface area contributed by atoms with E-state index in [4.69, 9.17) is 0 Å². The molecule has 2 aromatic rings. The molecule has 8 heteroatoms. The average Bonchev–Trinajstić information content (AvgIpc) is 2.89. The molecule has 0 saturated heterocycles. The fraction of sp³-hybridized carbons (Fsp3) is 0.286. The highest BCUT2D eigenvalue weighted by molar-refractivity contribution is 5.75. The van der Waals surface area contributed by atoms with Crippen LogP contribution >= 0.6 is 0 Å². The topological polar surface area (TPSA) is 102 Å². The van der Waals surface area contributed by atoms with Crippen molar-refractivity contribution in [3.05, 3.63) is 52.3 Å². The zero-order valence-corrected chi connectivity index (χ0v) is 12.2. The van der Waals surface area contributed by atoms with Gasteiger partial charge < -0.3 is 10.6 Å². The highest BCUT2D eigenvalue weighted by atomic mass is 16.6. The Labute approximate surface area is 127 Å². The van der Waals surface area contributed by atoms with Crippen LogP contribution in [0.2, 0.25) is 0 Å². The Balaban J connectivity index is 1.75. The molecular weight excluding hydrogens is 286 g/mol. The van der Waals surface area contributed by atoms with Crippen LogP contribution in [0.15, 0.2) is 36.7 Å². The Morgan fingerprint density at radius 3 is 2.82 bits per heavy atom. The number of nitro groups is 1. The van der Waals surface area contributed by atoms with Gasteiger partial charge in [0.15, 0.2) is 0 Å². The SMILES string of the molecule is Cc1cnn(CC(=O)NCCNc2ccccc2[N+](=O)[O-])c1. The van der Waals surface area contributed by atoms with E-state index in [1.165, 1.54) is 6.07 Å². The number of benzene rings is 1. The van der Waals surface area contributed by atoms with Crippen LogP contribution in [-0.4, -0.2) is 33.7 Å². The predicted octanol–water partition coefficient (Wildman–Crippen LogP) is 1.33. The summed E-state index contributed by atoms with van der Waals surface area (Å²) in [5, 5.41) is 20.5. The molecule has 0 spiro atoms. The van der Waals surface area contributed by atoms with Crippen molar-refractivity contribution in [3.8, 4) is 0 Å². The maximum atomic E-state index is 11.7. The standard InChI is InChI=1S/C14H17N5O3/c1-11-8-17-18(9-11)10-14(20)16-7-6-15-12-4-2-3-5-13(12)19(21)22/h2-5,8-9,15H,6-7,10H2,1H3,(H,16,20). The van der Waals surface area contributed by atoms with Crippen LogP contribution in [0.3, 0.4) is 0 Å². The number of aryl methyl sites for hydroxylation is 1. The molecule has 0 fully saturated rings. The molecule has 0 saturated carbocycles. The lowest BCUT2D eigenvalue weighted by atomic mass is 10.2. The van der Waals surface area contributed by atoms with E-state index in [0.29, 0.717) is 18.8 Å². The van der Waals surface area contributed by atoms with Gasteiger partial charge in [-0.1, -0.05) is 12.1 Å². The minimum atomic E-state index is -0.443. The summed E-state index contributed by atoms with van der Waals surface area (Å²) >= 11 is 0. The summed E-state index contributed by atoms with van der Waals surface area (Å²) in [5.41, 5.74) is 1.44. The van der Waals surface area contributed by atoms with Crippen LogP contribution in [-0.2, 0) is 11.3 Å². The van der Waals surface area contributed by atoms with Gasteiger partial charge in [0.1, 0.15) is 12.2 Å². The lowest BCUT2D eigenvalue weighted by Gasteiger charge is -2.08. The molecule has 1 aromatic heterocycles. The molecule has 1 heterocycles. The first-order chi connectivity index (χ1) is 10.6. The third kappa shape index (κ3) is 4.30. The maximum absolute atomic E-state index is 11.7. The lowest BCUT2D eigenvalue weighted by molar-refractivity contribution is -0.384. The van der Waals surface area contributed by atoms with E-state index in [1.807, 2.05) is 6.92 Å². The minimum absolute atomic E-state index is 0.0147. The summed E-state index contributed by atoms with van der Waals surface area (Å²) in [6, 6.07) is 6.39. The summed E-state index contributed by atoms with van der Waals surface area (Å²) in [6.45, 7) is 2.82. The Hall–Kier alpha value is -2.90. The molecule has 2 N–H and O–H groups in total. The van der Waals surface area contributed by atoms with Crippen LogP contribution < -0.4 is 10.6 Å². The first-order valence-electron chi connectivity index (χ1n) is 6.79. The number of carbonyl (C=O) groups excluding carboxylic acids is 1. The molecule has 22 heavy (non-hydrogen) atoms. The lowest BCUT2D eigenvalue weighted by Crippen LogP contribution is -2.31. The molecule has 1 amide bonds. The molecule has 0 aliphatic heterocycles. The largest absolute Gasteiger partial charge is 0.378 e. The van der Waals surface area contributed by atoms with Crippen molar-refractivity contribution in [2.45, 2.75) is 13.5 Å². The summed E-state index contributed by atoms with van der Waals surface area (Å²) in [6.07, 6.45) is 3.47. The Kier molecular flexibility index (Phi) is 5.07. The summed E-state index contributed by atoms with van der Waals surface area (Å²) in [7, 11) is 0. The molecule has 0 radical (unpaired) electrons. The molecule has 0 aliphatic rings. The number of amides is 1. The Morgan fingerprint density at radius 1 is 1.36 bits per heavy atom. The van der Waals surface area contributed by atoms with Gasteiger partial charge in [0, 0.05) is 25.4 Å². The van der Waals surface area contributed by atoms with Crippen LogP contribution in [0.1, 0.15) is 5.56 Å². The van der Waals surface area contributed by atoms with Crippen molar-refractivity contribution in [1.82, 2.24) is 15.1 Å². The van der Waals surface area contributed by atoms with Crippen molar-refractivity contribution in [2.24, 2.45) is 0 Å². The van der Waals surface area contributed by atoms with E-state index in [9.17, 15) is 14.9 Å². The molecule has 0 unspecified atom stereocenters. The molecule has 0 atom stereocenters. The highest BCUT2D eigenvalue weighted by Crippen LogP contribution is 2.22. The van der Waals surface area contributed by atoms with Gasteiger partial charge in [0.25, 0.3) is 5.69 Å². The number of para-hydroxylation sites is 2. The second-order valence-electron chi connectivity index (χ2n) is 4.77. The number of hydrogen-bond acceptors (Lipinski definition) is 5. The normalized spacial score (nSPS) is 10.2. The van der Waals surface area contributed by atoms with Crippen LogP contribution in [0, 0.1) is 17.0 Å². The van der Waals surface area contributed by atoms with E-state index in [0.717, 1.165) is 5.56 Å². The van der Waals surface area contributed by atoms with E-state index < -0.39 is 4.92 Å². The molecule has 8 nitrogen and oxygen atoms in total. The zero-order valence-electron chi connectivity index (χ0n) is 12.2. The average molecular weight is 303 g/mol. The number of nitrogens with one attached hydrogen (secondary N) is 2. The van der Waals surface area contributed by atoms with Crippen molar-refractivity contribution >= 4 is 17.3 Å². The highest BCUT2D eigenvalue weighted by Gasteiger charge is 2.11. The minimum Gasteiger partial charge on any atom is -0.378 e. The molecule has 1 aromatic carbocycles. The monoisotopic (exact) mass is 303 g/mol. The van der Waals surface area contributed by atoms with E-state index in [1.54, 1.807) is 35.3 Å². The number of anilines is 1. The van der Waals surface area contributed by atoms with Crippen molar-refractivity contribution in [1.29, 1.82) is 0 Å². The number of rotatable bonds is 7. The van der Waals surface area contributed by atoms with Crippen LogP contribution in [0.4, 0.5) is 11.4 Å². The molecular formula is C14H17N5O3. The van der Waals surface area contributed by atoms with Gasteiger partial charge in [-0.3, -0.25) is 19.6 Å². The van der Waals surface area contributed by atoms with Crippen LogP contribution in [0.5, 0.6) is 0 Å². The fourth-order valence-electron chi connectivity index (χ4n) is 1.94. The molecule has 2 rings (SSSR count). The Morgan fingerprint density at radius 2 is 2.14 bits per heavy atom. The number of carbonyl (C=O) groups is 1. The predicted molar refractivity (Wildman–Crippen MR) is 81.6 cm³/mol. The van der Waals surface area contributed by atoms with E-state index in [2.05, 4.69) is 15.7 Å². The van der Waals surface area contributed by atoms with Gasteiger partial charge in [0.05, 0.1) is 11.1 Å². The summed E-state index contributed by atoms with van der Waals surface area (Å²) in [5.74, 6) is -0.160.